The van der Waals surface area contributed by atoms with Crippen LogP contribution < -0.4 is 0 Å². The molecule has 6 nitrogen and oxygen atoms in total. The van der Waals surface area contributed by atoms with Gasteiger partial charge in [0, 0.05) is 13.0 Å². The molecular weight excluding hydrogens is 262 g/mol. The average molecular weight is 287 g/mol. The molecule has 20 heavy (non-hydrogen) atoms. The van der Waals surface area contributed by atoms with Gasteiger partial charge in [-0.15, -0.1) is 0 Å². The second kappa shape index (κ2) is 6.54. The fourth-order valence-corrected chi connectivity index (χ4v) is 2.22. The molecule has 1 rings (SSSR count). The van der Waals surface area contributed by atoms with Crippen LogP contribution in [0.1, 0.15) is 34.1 Å². The van der Waals surface area contributed by atoms with E-state index in [1.807, 2.05) is 6.92 Å². The summed E-state index contributed by atoms with van der Waals surface area (Å²) in [7, 11) is 0. The van der Waals surface area contributed by atoms with Crippen LogP contribution in [-0.4, -0.2) is 58.9 Å². The third-order valence-corrected chi connectivity index (χ3v) is 4.31. The first-order valence-electron chi connectivity index (χ1n) is 6.97. The molecule has 3 atom stereocenters. The number of carboxylic acids is 1. The quantitative estimate of drug-likeness (QED) is 0.778. The lowest BCUT2D eigenvalue weighted by molar-refractivity contribution is -0.160. The van der Waals surface area contributed by atoms with Crippen molar-refractivity contribution in [2.75, 3.05) is 19.8 Å². The molecule has 0 radical (unpaired) electrons. The highest BCUT2D eigenvalue weighted by Crippen LogP contribution is 2.32. The van der Waals surface area contributed by atoms with E-state index in [1.54, 1.807) is 25.7 Å². The lowest BCUT2D eigenvalue weighted by Crippen LogP contribution is -2.53. The Morgan fingerprint density at radius 3 is 2.50 bits per heavy atom. The average Bonchev–Trinajstić information content (AvgIpc) is 2.38. The Balaban J connectivity index is 2.80. The van der Waals surface area contributed by atoms with E-state index in [1.165, 1.54) is 0 Å². The molecule has 0 aliphatic carbocycles. The Morgan fingerprint density at radius 1 is 1.45 bits per heavy atom. The highest BCUT2D eigenvalue weighted by atomic mass is 16.5. The van der Waals surface area contributed by atoms with Crippen molar-refractivity contribution in [3.8, 4) is 0 Å². The summed E-state index contributed by atoms with van der Waals surface area (Å²) in [6, 6.07) is -0.101. The summed E-state index contributed by atoms with van der Waals surface area (Å²) >= 11 is 0. The van der Waals surface area contributed by atoms with Crippen LogP contribution in [0.2, 0.25) is 0 Å². The Hall–Kier alpha value is -1.14. The molecular formula is C14H25NO5. The number of morpholine rings is 1. The van der Waals surface area contributed by atoms with Crippen LogP contribution in [0.4, 0.5) is 0 Å². The highest BCUT2D eigenvalue weighted by molar-refractivity contribution is 5.85. The molecule has 3 unspecified atom stereocenters. The number of rotatable bonds is 5. The minimum absolute atomic E-state index is 0.0392. The van der Waals surface area contributed by atoms with Crippen LogP contribution >= 0.6 is 0 Å². The standard InChI is InChI=1S/C14H25NO5/c1-9(2)14(4,13(18)19)5-12(17)15-6-11(7-16)20-8-10(15)3/h9-11,16H,5-8H2,1-4H3,(H,18,19). The maximum absolute atomic E-state index is 12.4. The summed E-state index contributed by atoms with van der Waals surface area (Å²) in [6.45, 7) is 7.61. The SMILES string of the molecule is CC1COC(CO)CN1C(=O)CC(C)(C(=O)O)C(C)C. The lowest BCUT2D eigenvalue weighted by Gasteiger charge is -2.39. The predicted molar refractivity (Wildman–Crippen MR) is 73.2 cm³/mol. The maximum atomic E-state index is 12.4. The number of aliphatic carboxylic acids is 1. The van der Waals surface area contributed by atoms with Crippen molar-refractivity contribution < 1.29 is 24.5 Å². The Labute approximate surface area is 119 Å². The molecule has 116 valence electrons. The van der Waals surface area contributed by atoms with Gasteiger partial charge in [0.25, 0.3) is 0 Å². The normalized spacial score (nSPS) is 26.4. The number of carbonyl (C=O) groups is 2. The van der Waals surface area contributed by atoms with Crippen molar-refractivity contribution in [2.45, 2.75) is 46.3 Å². The van der Waals surface area contributed by atoms with Crippen LogP contribution in [0.3, 0.4) is 0 Å². The van der Waals surface area contributed by atoms with Gasteiger partial charge in [0.05, 0.1) is 30.8 Å². The highest BCUT2D eigenvalue weighted by Gasteiger charge is 2.41. The first-order valence-corrected chi connectivity index (χ1v) is 6.97. The largest absolute Gasteiger partial charge is 0.481 e. The van der Waals surface area contributed by atoms with Gasteiger partial charge in [-0.2, -0.15) is 0 Å². The number of carbonyl (C=O) groups excluding carboxylic acids is 1. The van der Waals surface area contributed by atoms with Crippen molar-refractivity contribution in [3.05, 3.63) is 0 Å². The first-order chi connectivity index (χ1) is 9.22. The van der Waals surface area contributed by atoms with Crippen molar-refractivity contribution in [3.63, 3.8) is 0 Å². The van der Waals surface area contributed by atoms with Crippen LogP contribution in [0.25, 0.3) is 0 Å². The number of hydrogen-bond acceptors (Lipinski definition) is 4. The van der Waals surface area contributed by atoms with Crippen molar-refractivity contribution >= 4 is 11.9 Å². The second-order valence-electron chi connectivity index (χ2n) is 6.09. The molecule has 0 aromatic carbocycles. The van der Waals surface area contributed by atoms with E-state index in [4.69, 9.17) is 9.84 Å². The minimum atomic E-state index is -1.08. The van der Waals surface area contributed by atoms with Gasteiger partial charge < -0.3 is 19.8 Å². The Bertz CT molecular complexity index is 371. The van der Waals surface area contributed by atoms with Gasteiger partial charge in [-0.05, 0) is 19.8 Å². The molecule has 1 heterocycles. The van der Waals surface area contributed by atoms with E-state index in [9.17, 15) is 14.7 Å². The minimum Gasteiger partial charge on any atom is -0.481 e. The van der Waals surface area contributed by atoms with Gasteiger partial charge in [-0.3, -0.25) is 9.59 Å². The third kappa shape index (κ3) is 3.49. The molecule has 1 fully saturated rings. The number of hydrogen-bond donors (Lipinski definition) is 2. The third-order valence-electron chi connectivity index (χ3n) is 4.31. The Kier molecular flexibility index (Phi) is 5.53. The molecule has 0 aromatic rings. The zero-order valence-electron chi connectivity index (χ0n) is 12.6. The van der Waals surface area contributed by atoms with E-state index in [-0.39, 0.29) is 37.0 Å². The van der Waals surface area contributed by atoms with Gasteiger partial charge in [-0.1, -0.05) is 13.8 Å². The summed E-state index contributed by atoms with van der Waals surface area (Å²) in [5.41, 5.74) is -1.08. The molecule has 1 aliphatic rings. The number of nitrogens with zero attached hydrogens (tertiary/aromatic N) is 1. The zero-order chi connectivity index (χ0) is 15.5. The molecule has 1 aliphatic heterocycles. The summed E-state index contributed by atoms with van der Waals surface area (Å²) < 4.78 is 5.38. The topological polar surface area (TPSA) is 87.1 Å². The molecule has 1 amide bonds. The van der Waals surface area contributed by atoms with Crippen LogP contribution in [0, 0.1) is 11.3 Å². The van der Waals surface area contributed by atoms with Gasteiger partial charge in [0.15, 0.2) is 0 Å². The van der Waals surface area contributed by atoms with Gasteiger partial charge in [0.2, 0.25) is 5.91 Å². The van der Waals surface area contributed by atoms with Crippen molar-refractivity contribution in [1.29, 1.82) is 0 Å². The monoisotopic (exact) mass is 287 g/mol. The van der Waals surface area contributed by atoms with Gasteiger partial charge >= 0.3 is 5.97 Å². The van der Waals surface area contributed by atoms with E-state index in [0.717, 1.165) is 0 Å². The van der Waals surface area contributed by atoms with E-state index in [2.05, 4.69) is 0 Å². The van der Waals surface area contributed by atoms with Gasteiger partial charge in [-0.25, -0.2) is 0 Å². The van der Waals surface area contributed by atoms with Gasteiger partial charge in [0.1, 0.15) is 0 Å². The summed E-state index contributed by atoms with van der Waals surface area (Å²) in [5, 5.41) is 18.5. The molecule has 2 N–H and O–H groups in total. The molecule has 0 bridgehead atoms. The van der Waals surface area contributed by atoms with Crippen molar-refractivity contribution in [2.24, 2.45) is 11.3 Å². The van der Waals surface area contributed by atoms with Crippen LogP contribution in [0.5, 0.6) is 0 Å². The first kappa shape index (κ1) is 16.9. The fraction of sp³-hybridized carbons (Fsp3) is 0.857. The number of aliphatic hydroxyl groups excluding tert-OH is 1. The smallest absolute Gasteiger partial charge is 0.310 e. The van der Waals surface area contributed by atoms with E-state index in [0.29, 0.717) is 13.2 Å². The van der Waals surface area contributed by atoms with Crippen LogP contribution in [0.15, 0.2) is 0 Å². The van der Waals surface area contributed by atoms with E-state index < -0.39 is 11.4 Å². The molecule has 0 saturated carbocycles. The maximum Gasteiger partial charge on any atom is 0.310 e. The summed E-state index contributed by atoms with van der Waals surface area (Å²) in [6.07, 6.45) is -0.423. The summed E-state index contributed by atoms with van der Waals surface area (Å²) in [4.78, 5) is 25.5. The van der Waals surface area contributed by atoms with E-state index >= 15 is 0 Å². The molecule has 0 spiro atoms. The Morgan fingerprint density at radius 2 is 2.05 bits per heavy atom. The number of aliphatic hydroxyl groups is 1. The molecule has 1 saturated heterocycles. The predicted octanol–water partition coefficient (Wildman–Crippen LogP) is 0.732. The fourth-order valence-electron chi connectivity index (χ4n) is 2.22. The zero-order valence-corrected chi connectivity index (χ0v) is 12.6. The summed E-state index contributed by atoms with van der Waals surface area (Å²) in [5.74, 6) is -1.30. The number of ether oxygens (including phenoxy) is 1. The van der Waals surface area contributed by atoms with Crippen LogP contribution in [-0.2, 0) is 14.3 Å². The van der Waals surface area contributed by atoms with Crippen molar-refractivity contribution in [1.82, 2.24) is 4.90 Å². The lowest BCUT2D eigenvalue weighted by atomic mass is 9.76. The molecule has 0 aromatic heterocycles. The second-order valence-corrected chi connectivity index (χ2v) is 6.09. The number of amides is 1. The number of carboxylic acid groups (broad SMARTS) is 1. The molecule has 6 heteroatoms.